The zero-order valence-electron chi connectivity index (χ0n) is 16.7. The van der Waals surface area contributed by atoms with Gasteiger partial charge in [-0.05, 0) is 63.9 Å². The first-order valence-electron chi connectivity index (χ1n) is 9.59. The molecule has 3 amide bonds. The second kappa shape index (κ2) is 11.0. The van der Waals surface area contributed by atoms with E-state index in [1.165, 1.54) is 5.56 Å². The summed E-state index contributed by atoms with van der Waals surface area (Å²) in [5, 5.41) is 8.37. The normalized spacial score (nSPS) is 10.4. The minimum Gasteiger partial charge on any atom is -0.494 e. The Morgan fingerprint density at radius 1 is 1.04 bits per heavy atom. The molecule has 2 aromatic carbocycles. The molecule has 0 spiro atoms. The maximum atomic E-state index is 12.3. The van der Waals surface area contributed by atoms with E-state index in [9.17, 15) is 9.59 Å². The molecule has 2 aromatic rings. The van der Waals surface area contributed by atoms with Gasteiger partial charge in [0.1, 0.15) is 5.75 Å². The third kappa shape index (κ3) is 7.70. The predicted octanol–water partition coefficient (Wildman–Crippen LogP) is 4.11. The molecule has 0 aliphatic heterocycles. The van der Waals surface area contributed by atoms with Crippen molar-refractivity contribution in [3.05, 3.63) is 59.7 Å². The van der Waals surface area contributed by atoms with Gasteiger partial charge >= 0.3 is 6.03 Å². The fourth-order valence-corrected chi connectivity index (χ4v) is 2.52. The van der Waals surface area contributed by atoms with Crippen molar-refractivity contribution >= 4 is 17.6 Å². The zero-order valence-corrected chi connectivity index (χ0v) is 16.7. The van der Waals surface area contributed by atoms with Crippen LogP contribution in [0.3, 0.4) is 0 Å². The Hall–Kier alpha value is -3.02. The monoisotopic (exact) mass is 383 g/mol. The van der Waals surface area contributed by atoms with Gasteiger partial charge in [0.25, 0.3) is 5.91 Å². The summed E-state index contributed by atoms with van der Waals surface area (Å²) in [7, 11) is 0. The Balaban J connectivity index is 1.69. The van der Waals surface area contributed by atoms with Gasteiger partial charge in [0.15, 0.2) is 0 Å². The quantitative estimate of drug-likeness (QED) is 0.570. The number of hydrogen-bond donors (Lipinski definition) is 3. The van der Waals surface area contributed by atoms with E-state index < -0.39 is 0 Å². The van der Waals surface area contributed by atoms with Gasteiger partial charge in [-0.1, -0.05) is 23.8 Å². The molecule has 0 atom stereocenters. The van der Waals surface area contributed by atoms with Gasteiger partial charge in [-0.15, -0.1) is 0 Å². The highest BCUT2D eigenvalue weighted by atomic mass is 16.5. The number of carbonyl (C=O) groups is 2. The van der Waals surface area contributed by atoms with Gasteiger partial charge in [0, 0.05) is 23.8 Å². The largest absolute Gasteiger partial charge is 0.494 e. The molecule has 28 heavy (non-hydrogen) atoms. The summed E-state index contributed by atoms with van der Waals surface area (Å²) in [6, 6.07) is 14.6. The van der Waals surface area contributed by atoms with E-state index in [4.69, 9.17) is 4.74 Å². The number of unbranched alkanes of at least 4 members (excludes halogenated alkanes) is 1. The third-order valence-corrected chi connectivity index (χ3v) is 3.95. The van der Waals surface area contributed by atoms with Crippen molar-refractivity contribution in [3.63, 3.8) is 0 Å². The van der Waals surface area contributed by atoms with Crippen molar-refractivity contribution in [1.82, 2.24) is 10.6 Å². The Kier molecular flexibility index (Phi) is 8.34. The molecular weight excluding hydrogens is 354 g/mol. The number of amides is 3. The van der Waals surface area contributed by atoms with Crippen LogP contribution in [-0.2, 0) is 0 Å². The molecule has 0 fully saturated rings. The van der Waals surface area contributed by atoms with Crippen molar-refractivity contribution in [2.45, 2.75) is 39.7 Å². The molecule has 0 saturated heterocycles. The second-order valence-electron chi connectivity index (χ2n) is 6.96. The molecule has 0 aliphatic rings. The lowest BCUT2D eigenvalue weighted by Crippen LogP contribution is -2.34. The molecule has 3 N–H and O–H groups in total. The number of anilines is 1. The van der Waals surface area contributed by atoms with E-state index in [1.54, 1.807) is 24.3 Å². The first-order chi connectivity index (χ1) is 13.4. The maximum Gasteiger partial charge on any atom is 0.319 e. The molecule has 2 rings (SSSR count). The lowest BCUT2D eigenvalue weighted by molar-refractivity contribution is 0.0952. The van der Waals surface area contributed by atoms with Gasteiger partial charge in [0.2, 0.25) is 0 Å². The molecule has 0 radical (unpaired) electrons. The third-order valence-electron chi connectivity index (χ3n) is 3.95. The van der Waals surface area contributed by atoms with Crippen LogP contribution in [-0.4, -0.2) is 31.1 Å². The van der Waals surface area contributed by atoms with E-state index in [0.29, 0.717) is 24.4 Å². The van der Waals surface area contributed by atoms with E-state index >= 15 is 0 Å². The standard InChI is InChI=1S/C22H29N3O3/c1-16(2)24-22(27)25-19-8-6-7-18(15-19)21(26)23-13-4-5-14-28-20-11-9-17(3)10-12-20/h6-12,15-16H,4-5,13-14H2,1-3H3,(H,23,26)(H2,24,25,27). The molecule has 0 aliphatic carbocycles. The number of rotatable bonds is 9. The number of nitrogens with one attached hydrogen (secondary N) is 3. The lowest BCUT2D eigenvalue weighted by atomic mass is 10.2. The fourth-order valence-electron chi connectivity index (χ4n) is 2.52. The van der Waals surface area contributed by atoms with E-state index in [0.717, 1.165) is 18.6 Å². The number of aryl methyl sites for hydroxylation is 1. The van der Waals surface area contributed by atoms with Crippen LogP contribution in [0.25, 0.3) is 0 Å². The molecule has 0 aromatic heterocycles. The summed E-state index contributed by atoms with van der Waals surface area (Å²) in [6.45, 7) is 6.99. The fraction of sp³-hybridized carbons (Fsp3) is 0.364. The SMILES string of the molecule is Cc1ccc(OCCCCNC(=O)c2cccc(NC(=O)NC(C)C)c2)cc1. The number of carbonyl (C=O) groups excluding carboxylic acids is 2. The number of urea groups is 1. The van der Waals surface area contributed by atoms with Gasteiger partial charge in [-0.3, -0.25) is 4.79 Å². The smallest absolute Gasteiger partial charge is 0.319 e. The van der Waals surface area contributed by atoms with Gasteiger partial charge in [0.05, 0.1) is 6.61 Å². The van der Waals surface area contributed by atoms with Crippen molar-refractivity contribution in [2.24, 2.45) is 0 Å². The molecular formula is C22H29N3O3. The Labute approximate surface area is 166 Å². The Morgan fingerprint density at radius 3 is 2.50 bits per heavy atom. The minimum atomic E-state index is -0.291. The van der Waals surface area contributed by atoms with Crippen LogP contribution in [0.2, 0.25) is 0 Å². The highest BCUT2D eigenvalue weighted by Gasteiger charge is 2.08. The molecule has 6 heteroatoms. The Bertz CT molecular complexity index is 773. The number of hydrogen-bond acceptors (Lipinski definition) is 3. The average Bonchev–Trinajstić information content (AvgIpc) is 2.65. The molecule has 150 valence electrons. The molecule has 0 unspecified atom stereocenters. The van der Waals surface area contributed by atoms with Crippen molar-refractivity contribution in [1.29, 1.82) is 0 Å². The van der Waals surface area contributed by atoms with Gasteiger partial charge in [-0.2, -0.15) is 0 Å². The highest BCUT2D eigenvalue weighted by Crippen LogP contribution is 2.12. The lowest BCUT2D eigenvalue weighted by Gasteiger charge is -2.11. The zero-order chi connectivity index (χ0) is 20.4. The van der Waals surface area contributed by atoms with Gasteiger partial charge < -0.3 is 20.7 Å². The van der Waals surface area contributed by atoms with Crippen LogP contribution in [0, 0.1) is 6.92 Å². The summed E-state index contributed by atoms with van der Waals surface area (Å²) < 4.78 is 5.67. The molecule has 6 nitrogen and oxygen atoms in total. The summed E-state index contributed by atoms with van der Waals surface area (Å²) in [6.07, 6.45) is 1.68. The highest BCUT2D eigenvalue weighted by molar-refractivity contribution is 5.96. The van der Waals surface area contributed by atoms with Crippen LogP contribution in [0.1, 0.15) is 42.6 Å². The van der Waals surface area contributed by atoms with Crippen molar-refractivity contribution in [3.8, 4) is 5.75 Å². The number of ether oxygens (including phenoxy) is 1. The second-order valence-corrected chi connectivity index (χ2v) is 6.96. The van der Waals surface area contributed by atoms with Crippen molar-refractivity contribution in [2.75, 3.05) is 18.5 Å². The molecule has 0 bridgehead atoms. The molecule has 0 saturated carbocycles. The summed E-state index contributed by atoms with van der Waals surface area (Å²) in [4.78, 5) is 24.0. The van der Waals surface area contributed by atoms with Crippen LogP contribution < -0.4 is 20.7 Å². The topological polar surface area (TPSA) is 79.5 Å². The van der Waals surface area contributed by atoms with E-state index in [-0.39, 0.29) is 18.0 Å². The number of benzene rings is 2. The van der Waals surface area contributed by atoms with Crippen LogP contribution in [0.5, 0.6) is 5.75 Å². The summed E-state index contributed by atoms with van der Waals surface area (Å²) in [5.74, 6) is 0.702. The average molecular weight is 383 g/mol. The van der Waals surface area contributed by atoms with E-state index in [2.05, 4.69) is 16.0 Å². The van der Waals surface area contributed by atoms with Crippen LogP contribution in [0.15, 0.2) is 48.5 Å². The van der Waals surface area contributed by atoms with E-state index in [1.807, 2.05) is 45.0 Å². The van der Waals surface area contributed by atoms with Crippen LogP contribution in [0.4, 0.5) is 10.5 Å². The minimum absolute atomic E-state index is 0.0430. The predicted molar refractivity (Wildman–Crippen MR) is 112 cm³/mol. The first-order valence-corrected chi connectivity index (χ1v) is 9.59. The molecule has 0 heterocycles. The summed E-state index contributed by atoms with van der Waals surface area (Å²) >= 11 is 0. The maximum absolute atomic E-state index is 12.3. The van der Waals surface area contributed by atoms with Gasteiger partial charge in [-0.25, -0.2) is 4.79 Å². The van der Waals surface area contributed by atoms with Crippen molar-refractivity contribution < 1.29 is 14.3 Å². The Morgan fingerprint density at radius 2 is 1.79 bits per heavy atom. The van der Waals surface area contributed by atoms with Crippen LogP contribution >= 0.6 is 0 Å². The first kappa shape index (κ1) is 21.3. The summed E-state index contributed by atoms with van der Waals surface area (Å²) in [5.41, 5.74) is 2.30.